The Bertz CT molecular complexity index is 4080. The molecule has 0 radical (unpaired) electrons. The van der Waals surface area contributed by atoms with E-state index in [-0.39, 0.29) is 21.7 Å². The molecule has 0 bridgehead atoms. The molecule has 71 heavy (non-hydrogen) atoms. The van der Waals surface area contributed by atoms with Crippen molar-refractivity contribution in [2.75, 3.05) is 0 Å². The second-order valence-electron chi connectivity index (χ2n) is 23.7. The molecule has 0 saturated heterocycles. The van der Waals surface area contributed by atoms with E-state index in [2.05, 4.69) is 250 Å². The van der Waals surface area contributed by atoms with Gasteiger partial charge in [-0.2, -0.15) is 0 Å². The molecule has 11 aromatic rings. The highest BCUT2D eigenvalue weighted by atomic mass is 14.4. The van der Waals surface area contributed by atoms with Gasteiger partial charge in [-0.25, -0.2) is 0 Å². The van der Waals surface area contributed by atoms with E-state index in [1.165, 1.54) is 149 Å². The van der Waals surface area contributed by atoms with Gasteiger partial charge in [0.15, 0.2) is 0 Å². The summed E-state index contributed by atoms with van der Waals surface area (Å²) >= 11 is 0. The molecule has 0 heteroatoms. The SMILES string of the molecule is CC(C)(C)c1cc2ccc3ccc(-c4ccccc4-c4ccc5c(c4)C(C)(C)c4cc(-c6ccc7c(c6)C(C)(C)c6cc(-c8ccc9c(c8)C(C)(C)c8ccccc8-9)ccc6-7)ccc4-5)c4ccc(c1)c2c34. The van der Waals surface area contributed by atoms with Gasteiger partial charge in [-0.3, -0.25) is 0 Å². The van der Waals surface area contributed by atoms with Crippen molar-refractivity contribution in [2.45, 2.75) is 84.0 Å². The van der Waals surface area contributed by atoms with Gasteiger partial charge >= 0.3 is 0 Å². The van der Waals surface area contributed by atoms with Crippen LogP contribution in [0.25, 0.3) is 110 Å². The van der Waals surface area contributed by atoms with Gasteiger partial charge in [0.05, 0.1) is 0 Å². The number of rotatable bonds is 4. The molecule has 0 unspecified atom stereocenters. The van der Waals surface area contributed by atoms with Crippen LogP contribution >= 0.6 is 0 Å². The number of hydrogen-bond acceptors (Lipinski definition) is 0. The van der Waals surface area contributed by atoms with E-state index in [1.54, 1.807) is 0 Å². The zero-order valence-electron chi connectivity index (χ0n) is 42.4. The summed E-state index contributed by atoms with van der Waals surface area (Å²) in [7, 11) is 0. The lowest BCUT2D eigenvalue weighted by molar-refractivity contribution is 0.591. The van der Waals surface area contributed by atoms with Crippen LogP contribution in [0, 0.1) is 0 Å². The van der Waals surface area contributed by atoms with Crippen molar-refractivity contribution >= 4 is 32.3 Å². The smallest absolute Gasteiger partial charge is 0.0159 e. The minimum absolute atomic E-state index is 0.0267. The third-order valence-corrected chi connectivity index (χ3v) is 17.6. The second kappa shape index (κ2) is 14.3. The molecule has 0 amide bonds. The highest BCUT2D eigenvalue weighted by molar-refractivity contribution is 6.26. The molecule has 0 heterocycles. The number of benzene rings is 11. The third-order valence-electron chi connectivity index (χ3n) is 17.6. The minimum atomic E-state index is -0.178. The van der Waals surface area contributed by atoms with Crippen molar-refractivity contribution < 1.29 is 0 Å². The Morgan fingerprint density at radius 1 is 0.268 bits per heavy atom. The maximum atomic E-state index is 2.49. The van der Waals surface area contributed by atoms with E-state index in [1.807, 2.05) is 0 Å². The maximum absolute atomic E-state index is 2.49. The van der Waals surface area contributed by atoms with Crippen LogP contribution in [0.3, 0.4) is 0 Å². The fourth-order valence-corrected chi connectivity index (χ4v) is 13.5. The summed E-state index contributed by atoms with van der Waals surface area (Å²) in [6.07, 6.45) is 0. The first kappa shape index (κ1) is 42.3. The van der Waals surface area contributed by atoms with Gasteiger partial charge in [-0.05, 0) is 185 Å². The van der Waals surface area contributed by atoms with E-state index < -0.39 is 0 Å². The average Bonchev–Trinajstić information content (AvgIpc) is 3.85. The summed E-state index contributed by atoms with van der Waals surface area (Å²) in [6.45, 7) is 21.3. The van der Waals surface area contributed by atoms with Gasteiger partial charge in [-0.15, -0.1) is 0 Å². The summed E-state index contributed by atoms with van der Waals surface area (Å²) in [5.41, 5.74) is 27.9. The van der Waals surface area contributed by atoms with Crippen molar-refractivity contribution in [1.29, 1.82) is 0 Å². The average molecular weight is 911 g/mol. The molecule has 3 aliphatic carbocycles. The molecule has 0 aromatic heterocycles. The van der Waals surface area contributed by atoms with Gasteiger partial charge in [0.2, 0.25) is 0 Å². The summed E-state index contributed by atoms with van der Waals surface area (Å²) in [5.74, 6) is 0. The number of hydrogen-bond donors (Lipinski definition) is 0. The van der Waals surface area contributed by atoms with Crippen LogP contribution in [-0.2, 0) is 21.7 Å². The third kappa shape index (κ3) is 5.92. The van der Waals surface area contributed by atoms with Crippen LogP contribution in [0.1, 0.15) is 101 Å². The quantitative estimate of drug-likeness (QED) is 0.154. The first-order valence-electron chi connectivity index (χ1n) is 25.7. The van der Waals surface area contributed by atoms with Crippen molar-refractivity contribution in [2.24, 2.45) is 0 Å². The van der Waals surface area contributed by atoms with Crippen molar-refractivity contribution in [1.82, 2.24) is 0 Å². The summed E-state index contributed by atoms with van der Waals surface area (Å²) < 4.78 is 0. The monoisotopic (exact) mass is 910 g/mol. The van der Waals surface area contributed by atoms with Gasteiger partial charge < -0.3 is 0 Å². The summed E-state index contributed by atoms with van der Waals surface area (Å²) in [5, 5.41) is 7.98. The molecule has 0 spiro atoms. The largest absolute Gasteiger partial charge is 0.0619 e. The van der Waals surface area contributed by atoms with Crippen molar-refractivity contribution in [3.05, 3.63) is 227 Å². The summed E-state index contributed by atoms with van der Waals surface area (Å²) in [6, 6.07) is 72.8. The molecule has 3 aliphatic rings. The first-order valence-corrected chi connectivity index (χ1v) is 25.7. The molecule has 11 aromatic carbocycles. The Labute approximate surface area is 419 Å². The van der Waals surface area contributed by atoms with Crippen molar-refractivity contribution in [3.63, 3.8) is 0 Å². The highest BCUT2D eigenvalue weighted by Gasteiger charge is 2.39. The first-order chi connectivity index (χ1) is 34.1. The van der Waals surface area contributed by atoms with Crippen LogP contribution in [0.15, 0.2) is 188 Å². The molecular formula is C71H58. The van der Waals surface area contributed by atoms with Gasteiger partial charge in [0.1, 0.15) is 0 Å². The molecule has 0 aliphatic heterocycles. The zero-order chi connectivity index (χ0) is 48.5. The van der Waals surface area contributed by atoms with Crippen LogP contribution in [0.2, 0.25) is 0 Å². The normalized spacial score (nSPS) is 15.5. The lowest BCUT2D eigenvalue weighted by Gasteiger charge is -2.24. The summed E-state index contributed by atoms with van der Waals surface area (Å²) in [4.78, 5) is 0. The van der Waals surface area contributed by atoms with E-state index in [0.29, 0.717) is 0 Å². The van der Waals surface area contributed by atoms with Gasteiger partial charge in [-0.1, -0.05) is 220 Å². The fraction of sp³-hybridized carbons (Fsp3) is 0.183. The van der Waals surface area contributed by atoms with Crippen LogP contribution < -0.4 is 0 Å². The van der Waals surface area contributed by atoms with E-state index >= 15 is 0 Å². The molecule has 0 atom stereocenters. The van der Waals surface area contributed by atoms with Gasteiger partial charge in [0.25, 0.3) is 0 Å². The predicted molar refractivity (Wildman–Crippen MR) is 303 cm³/mol. The highest BCUT2D eigenvalue weighted by Crippen LogP contribution is 2.55. The van der Waals surface area contributed by atoms with Crippen LogP contribution in [0.4, 0.5) is 0 Å². The number of fused-ring (bicyclic) bond motifs is 9. The van der Waals surface area contributed by atoms with E-state index in [0.717, 1.165) is 0 Å². The van der Waals surface area contributed by atoms with Gasteiger partial charge in [0, 0.05) is 16.2 Å². The predicted octanol–water partition coefficient (Wildman–Crippen LogP) is 19.5. The van der Waals surface area contributed by atoms with E-state index in [4.69, 9.17) is 0 Å². The molecule has 0 fully saturated rings. The Morgan fingerprint density at radius 3 is 1.11 bits per heavy atom. The van der Waals surface area contributed by atoms with Crippen LogP contribution in [-0.4, -0.2) is 0 Å². The Morgan fingerprint density at radius 2 is 0.620 bits per heavy atom. The molecular weight excluding hydrogens is 853 g/mol. The second-order valence-corrected chi connectivity index (χ2v) is 23.7. The lowest BCUT2D eigenvalue weighted by Crippen LogP contribution is -2.16. The maximum Gasteiger partial charge on any atom is 0.0159 e. The fourth-order valence-electron chi connectivity index (χ4n) is 13.5. The molecule has 0 saturated carbocycles. The van der Waals surface area contributed by atoms with Crippen LogP contribution in [0.5, 0.6) is 0 Å². The minimum Gasteiger partial charge on any atom is -0.0619 e. The Hall–Kier alpha value is -7.54. The molecule has 0 nitrogen and oxygen atoms in total. The standard InChI is InChI=1S/C71H58/c1-68(2,3)49-34-47-19-18-41-20-27-52(59-33-26-48(35-49)66(47)67(41)59)51-15-11-10-14-50(51)46-25-32-58-57-31-24-45(39-64(57)71(8,9)65(58)40-46)44-23-30-56-55-29-22-43(37-62(55)70(6,7)63(56)38-44)42-21-28-54-53-16-12-13-17-60(53)69(4,5)61(54)36-42/h10-40H,1-9H3. The Kier molecular flexibility index (Phi) is 8.53. The molecule has 342 valence electrons. The zero-order valence-corrected chi connectivity index (χ0v) is 42.4. The topological polar surface area (TPSA) is 0 Å². The van der Waals surface area contributed by atoms with Crippen molar-refractivity contribution in [3.8, 4) is 77.9 Å². The molecule has 14 rings (SSSR count). The molecule has 0 N–H and O–H groups in total. The van der Waals surface area contributed by atoms with E-state index in [9.17, 15) is 0 Å². The Balaban J connectivity index is 0.792. The lowest BCUT2D eigenvalue weighted by atomic mass is 9.79.